The molecular formula is C13H24ClN3OS. The Morgan fingerprint density at radius 2 is 2.16 bits per heavy atom. The molecule has 0 aromatic carbocycles. The molecule has 1 rings (SSSR count). The molecule has 1 heterocycles. The third kappa shape index (κ3) is 5.47. The SMILES string of the molecule is CCCCCN(C(=O)c1csc(CN)n1)C(C)C.Cl. The number of rotatable bonds is 7. The summed E-state index contributed by atoms with van der Waals surface area (Å²) >= 11 is 1.45. The van der Waals surface area contributed by atoms with Gasteiger partial charge >= 0.3 is 0 Å². The number of amides is 1. The van der Waals surface area contributed by atoms with E-state index in [-0.39, 0.29) is 24.4 Å². The van der Waals surface area contributed by atoms with Crippen molar-refractivity contribution >= 4 is 29.7 Å². The first-order valence-corrected chi connectivity index (χ1v) is 7.43. The molecule has 0 aliphatic heterocycles. The Balaban J connectivity index is 0.00000324. The molecule has 0 bridgehead atoms. The van der Waals surface area contributed by atoms with Gasteiger partial charge in [0.2, 0.25) is 0 Å². The molecule has 0 atom stereocenters. The summed E-state index contributed by atoms with van der Waals surface area (Å²) in [6.07, 6.45) is 3.37. The number of aromatic nitrogens is 1. The molecule has 1 aromatic rings. The molecule has 6 heteroatoms. The third-order valence-electron chi connectivity index (χ3n) is 2.83. The van der Waals surface area contributed by atoms with Gasteiger partial charge in [0.1, 0.15) is 10.7 Å². The molecule has 0 fully saturated rings. The Morgan fingerprint density at radius 1 is 1.47 bits per heavy atom. The fourth-order valence-electron chi connectivity index (χ4n) is 1.78. The predicted molar refractivity (Wildman–Crippen MR) is 83.0 cm³/mol. The van der Waals surface area contributed by atoms with Crippen molar-refractivity contribution in [3.05, 3.63) is 16.1 Å². The van der Waals surface area contributed by atoms with Gasteiger partial charge in [0.15, 0.2) is 0 Å². The monoisotopic (exact) mass is 305 g/mol. The number of halogens is 1. The maximum atomic E-state index is 12.3. The van der Waals surface area contributed by atoms with Crippen LogP contribution in [0.25, 0.3) is 0 Å². The smallest absolute Gasteiger partial charge is 0.273 e. The lowest BCUT2D eigenvalue weighted by Gasteiger charge is -2.26. The molecule has 110 valence electrons. The number of carbonyl (C=O) groups excluding carboxylic acids is 1. The number of carbonyl (C=O) groups is 1. The highest BCUT2D eigenvalue weighted by atomic mass is 35.5. The lowest BCUT2D eigenvalue weighted by atomic mass is 10.2. The molecule has 0 radical (unpaired) electrons. The van der Waals surface area contributed by atoms with Gasteiger partial charge in [-0.15, -0.1) is 23.7 Å². The molecule has 0 saturated heterocycles. The summed E-state index contributed by atoms with van der Waals surface area (Å²) in [4.78, 5) is 18.5. The highest BCUT2D eigenvalue weighted by Gasteiger charge is 2.20. The van der Waals surface area contributed by atoms with Crippen LogP contribution in [0, 0.1) is 0 Å². The van der Waals surface area contributed by atoms with Crippen LogP contribution in [-0.4, -0.2) is 28.4 Å². The molecule has 0 aliphatic rings. The molecule has 0 aliphatic carbocycles. The van der Waals surface area contributed by atoms with Gasteiger partial charge in [-0.25, -0.2) is 4.98 Å². The minimum atomic E-state index is 0. The first-order chi connectivity index (χ1) is 8.60. The Morgan fingerprint density at radius 3 is 2.63 bits per heavy atom. The van der Waals surface area contributed by atoms with Gasteiger partial charge in [-0.05, 0) is 20.3 Å². The number of hydrogen-bond donors (Lipinski definition) is 1. The van der Waals surface area contributed by atoms with Crippen molar-refractivity contribution in [2.24, 2.45) is 5.73 Å². The molecule has 4 nitrogen and oxygen atoms in total. The summed E-state index contributed by atoms with van der Waals surface area (Å²) in [5, 5.41) is 2.62. The zero-order chi connectivity index (χ0) is 13.5. The van der Waals surface area contributed by atoms with E-state index in [4.69, 9.17) is 5.73 Å². The van der Waals surface area contributed by atoms with Gasteiger partial charge in [-0.3, -0.25) is 4.79 Å². The number of thiazole rings is 1. The van der Waals surface area contributed by atoms with Gasteiger partial charge in [-0.2, -0.15) is 0 Å². The van der Waals surface area contributed by atoms with Gasteiger partial charge in [0.25, 0.3) is 5.91 Å². The Labute approximate surface area is 125 Å². The minimum absolute atomic E-state index is 0. The summed E-state index contributed by atoms with van der Waals surface area (Å²) in [5.74, 6) is 0.0250. The van der Waals surface area contributed by atoms with E-state index in [2.05, 4.69) is 11.9 Å². The molecule has 0 spiro atoms. The summed E-state index contributed by atoms with van der Waals surface area (Å²) in [5.41, 5.74) is 6.05. The Kier molecular flexibility index (Phi) is 8.97. The van der Waals surface area contributed by atoms with Gasteiger partial charge in [-0.1, -0.05) is 19.8 Å². The van der Waals surface area contributed by atoms with Crippen molar-refractivity contribution in [3.8, 4) is 0 Å². The topological polar surface area (TPSA) is 59.2 Å². The molecule has 2 N–H and O–H groups in total. The number of unbranched alkanes of at least 4 members (excludes halogenated alkanes) is 2. The van der Waals surface area contributed by atoms with E-state index in [1.807, 2.05) is 18.7 Å². The average Bonchev–Trinajstić information content (AvgIpc) is 2.82. The molecule has 1 aromatic heterocycles. The fourth-order valence-corrected chi connectivity index (χ4v) is 2.42. The normalized spacial score (nSPS) is 10.4. The van der Waals surface area contributed by atoms with Crippen LogP contribution in [0.2, 0.25) is 0 Å². The molecule has 1 amide bonds. The van der Waals surface area contributed by atoms with Crippen LogP contribution < -0.4 is 5.73 Å². The fraction of sp³-hybridized carbons (Fsp3) is 0.692. The highest BCUT2D eigenvalue weighted by molar-refractivity contribution is 7.09. The number of nitrogens with two attached hydrogens (primary N) is 1. The van der Waals surface area contributed by atoms with Gasteiger partial charge in [0.05, 0.1) is 0 Å². The number of hydrogen-bond acceptors (Lipinski definition) is 4. The third-order valence-corrected chi connectivity index (χ3v) is 3.70. The van der Waals surface area contributed by atoms with Crippen molar-refractivity contribution in [1.29, 1.82) is 0 Å². The lowest BCUT2D eigenvalue weighted by Crippen LogP contribution is -2.38. The zero-order valence-corrected chi connectivity index (χ0v) is 13.5. The van der Waals surface area contributed by atoms with Crippen LogP contribution in [0.3, 0.4) is 0 Å². The van der Waals surface area contributed by atoms with Crippen molar-refractivity contribution in [1.82, 2.24) is 9.88 Å². The maximum Gasteiger partial charge on any atom is 0.273 e. The molecular weight excluding hydrogens is 282 g/mol. The van der Waals surface area contributed by atoms with E-state index in [1.165, 1.54) is 11.3 Å². The highest BCUT2D eigenvalue weighted by Crippen LogP contribution is 2.14. The van der Waals surface area contributed by atoms with Crippen LogP contribution in [0.15, 0.2) is 5.38 Å². The first-order valence-electron chi connectivity index (χ1n) is 6.55. The number of nitrogens with zero attached hydrogens (tertiary/aromatic N) is 2. The van der Waals surface area contributed by atoms with E-state index in [0.29, 0.717) is 12.2 Å². The summed E-state index contributed by atoms with van der Waals surface area (Å²) in [6, 6.07) is 0.206. The van der Waals surface area contributed by atoms with E-state index >= 15 is 0 Å². The Bertz CT molecular complexity index is 382. The average molecular weight is 306 g/mol. The van der Waals surface area contributed by atoms with Crippen LogP contribution in [-0.2, 0) is 6.54 Å². The Hall–Kier alpha value is -0.650. The first kappa shape index (κ1) is 18.4. The quantitative estimate of drug-likeness (QED) is 0.788. The zero-order valence-electron chi connectivity index (χ0n) is 11.9. The standard InChI is InChI=1S/C13H23N3OS.ClH/c1-4-5-6-7-16(10(2)3)13(17)11-9-18-12(8-14)15-11;/h9-10H,4-8,14H2,1-3H3;1H. The van der Waals surface area contributed by atoms with E-state index in [1.54, 1.807) is 5.38 Å². The van der Waals surface area contributed by atoms with E-state index < -0.39 is 0 Å². The van der Waals surface area contributed by atoms with Crippen molar-refractivity contribution in [3.63, 3.8) is 0 Å². The summed E-state index contributed by atoms with van der Waals surface area (Å²) in [6.45, 7) is 7.45. The van der Waals surface area contributed by atoms with Crippen molar-refractivity contribution in [2.75, 3.05) is 6.54 Å². The molecule has 0 unspecified atom stereocenters. The predicted octanol–water partition coefficient (Wildman–Crippen LogP) is 3.06. The summed E-state index contributed by atoms with van der Waals surface area (Å²) in [7, 11) is 0. The second-order valence-electron chi connectivity index (χ2n) is 4.63. The minimum Gasteiger partial charge on any atom is -0.335 e. The van der Waals surface area contributed by atoms with E-state index in [9.17, 15) is 4.79 Å². The van der Waals surface area contributed by atoms with Gasteiger partial charge < -0.3 is 10.6 Å². The summed E-state index contributed by atoms with van der Waals surface area (Å²) < 4.78 is 0. The van der Waals surface area contributed by atoms with Crippen LogP contribution in [0.1, 0.15) is 55.5 Å². The van der Waals surface area contributed by atoms with Crippen LogP contribution in [0.4, 0.5) is 0 Å². The van der Waals surface area contributed by atoms with Gasteiger partial charge in [0, 0.05) is 24.5 Å². The molecule has 19 heavy (non-hydrogen) atoms. The van der Waals surface area contributed by atoms with Crippen LogP contribution in [0.5, 0.6) is 0 Å². The second kappa shape index (κ2) is 9.28. The largest absolute Gasteiger partial charge is 0.335 e. The van der Waals surface area contributed by atoms with Crippen molar-refractivity contribution < 1.29 is 4.79 Å². The van der Waals surface area contributed by atoms with Crippen molar-refractivity contribution in [2.45, 2.75) is 52.6 Å². The lowest BCUT2D eigenvalue weighted by molar-refractivity contribution is 0.0697. The second-order valence-corrected chi connectivity index (χ2v) is 5.57. The molecule has 0 saturated carbocycles. The van der Waals surface area contributed by atoms with Crippen LogP contribution >= 0.6 is 23.7 Å². The maximum absolute atomic E-state index is 12.3. The van der Waals surface area contributed by atoms with E-state index in [0.717, 1.165) is 30.8 Å².